The molecule has 36 heavy (non-hydrogen) atoms. The molecule has 2 aliphatic rings. The van der Waals surface area contributed by atoms with E-state index in [9.17, 15) is 19.2 Å². The molecule has 2 aliphatic heterocycles. The molecule has 2 saturated heterocycles. The van der Waals surface area contributed by atoms with E-state index in [1.54, 1.807) is 37.1 Å². The zero-order chi connectivity index (χ0) is 26.1. The Bertz CT molecular complexity index is 1340. The smallest absolute Gasteiger partial charge is 0.270 e. The molecule has 0 spiro atoms. The number of amides is 1. The average molecular weight is 526 g/mol. The summed E-state index contributed by atoms with van der Waals surface area (Å²) in [6.45, 7) is 8.30. The van der Waals surface area contributed by atoms with Crippen molar-refractivity contribution in [2.24, 2.45) is 7.05 Å². The Morgan fingerprint density at radius 3 is 2.36 bits per heavy atom. The largest absolute Gasteiger partial charge is 0.368 e. The predicted octanol–water partition coefficient (Wildman–Crippen LogP) is 4.03. The summed E-state index contributed by atoms with van der Waals surface area (Å²) in [5.41, 5.74) is 1.86. The van der Waals surface area contributed by atoms with E-state index in [0.717, 1.165) is 12.1 Å². The molecular weight excluding hydrogens is 497 g/mol. The highest BCUT2D eigenvalue weighted by Crippen LogP contribution is 2.37. The summed E-state index contributed by atoms with van der Waals surface area (Å²) >= 11 is 6.74. The highest BCUT2D eigenvalue weighted by atomic mass is 32.2. The molecule has 4 rings (SSSR count). The molecule has 7 nitrogen and oxygen atoms in total. The van der Waals surface area contributed by atoms with Crippen LogP contribution in [0.3, 0.4) is 0 Å². The Hall–Kier alpha value is -3.16. The van der Waals surface area contributed by atoms with Gasteiger partial charge in [-0.05, 0) is 56.2 Å². The van der Waals surface area contributed by atoms with Gasteiger partial charge < -0.3 is 9.80 Å². The lowest BCUT2D eigenvalue weighted by molar-refractivity contribution is -0.123. The fraction of sp³-hybridized carbons (Fsp3) is 0.385. The number of nitrogens with zero attached hydrogens (tertiary/aromatic N) is 5. The third-order valence-corrected chi connectivity index (χ3v) is 8.20. The molecule has 2 fully saturated rings. The highest BCUT2D eigenvalue weighted by molar-refractivity contribution is 8.26. The number of thioether (sulfide) groups is 1. The van der Waals surface area contributed by atoms with Gasteiger partial charge in [0.05, 0.1) is 4.91 Å². The molecule has 2 aromatic rings. The number of anilines is 2. The van der Waals surface area contributed by atoms with Crippen molar-refractivity contribution in [2.45, 2.75) is 33.2 Å². The molecule has 1 atom stereocenters. The van der Waals surface area contributed by atoms with Gasteiger partial charge in [0, 0.05) is 50.5 Å². The van der Waals surface area contributed by atoms with Gasteiger partial charge in [-0.2, -0.15) is 5.26 Å². The number of hydrogen-bond acceptors (Lipinski definition) is 7. The highest BCUT2D eigenvalue weighted by Gasteiger charge is 2.35. The summed E-state index contributed by atoms with van der Waals surface area (Å²) in [6.07, 6.45) is 2.56. The van der Waals surface area contributed by atoms with Gasteiger partial charge in [0.15, 0.2) is 0 Å². The normalized spacial score (nSPS) is 18.2. The van der Waals surface area contributed by atoms with Crippen molar-refractivity contribution in [3.8, 4) is 6.07 Å². The number of aromatic nitrogens is 1. The van der Waals surface area contributed by atoms with Gasteiger partial charge >= 0.3 is 0 Å². The van der Waals surface area contributed by atoms with E-state index in [-0.39, 0.29) is 28.9 Å². The lowest BCUT2D eigenvalue weighted by Gasteiger charge is -2.38. The molecule has 1 amide bonds. The first kappa shape index (κ1) is 25.9. The zero-order valence-electron chi connectivity index (χ0n) is 20.7. The first-order valence-electron chi connectivity index (χ1n) is 11.8. The van der Waals surface area contributed by atoms with Gasteiger partial charge in [0.1, 0.15) is 27.6 Å². The van der Waals surface area contributed by atoms with Crippen LogP contribution in [-0.2, 0) is 11.8 Å². The van der Waals surface area contributed by atoms with Gasteiger partial charge in [0.25, 0.3) is 11.5 Å². The maximum Gasteiger partial charge on any atom is 0.270 e. The van der Waals surface area contributed by atoms with Gasteiger partial charge in [-0.1, -0.05) is 30.9 Å². The predicted molar refractivity (Wildman–Crippen MR) is 147 cm³/mol. The molecule has 0 N–H and O–H groups in total. The van der Waals surface area contributed by atoms with Crippen molar-refractivity contribution in [1.29, 1.82) is 5.26 Å². The molecule has 0 radical (unpaired) electrons. The van der Waals surface area contributed by atoms with Crippen LogP contribution < -0.4 is 15.4 Å². The number of carbonyl (C=O) groups is 1. The standard InChI is InChI=1S/C26H28FN5O2S2/c1-5-16(2)32-25(34)22(36-26(32)35)14-20-17(3)21(15-28)24(33)29(4)23(20)31-12-10-30(11-13-31)19-8-6-18(27)7-9-19/h6-9,14,16H,5,10-13H2,1-4H3/b22-14+. The van der Waals surface area contributed by atoms with E-state index in [2.05, 4.69) is 9.80 Å². The summed E-state index contributed by atoms with van der Waals surface area (Å²) in [5.74, 6) is 0.242. The van der Waals surface area contributed by atoms with Crippen LogP contribution in [0, 0.1) is 24.1 Å². The summed E-state index contributed by atoms with van der Waals surface area (Å²) in [7, 11) is 1.66. The van der Waals surface area contributed by atoms with Crippen molar-refractivity contribution in [1.82, 2.24) is 9.47 Å². The van der Waals surface area contributed by atoms with Crippen molar-refractivity contribution >= 4 is 51.8 Å². The summed E-state index contributed by atoms with van der Waals surface area (Å²) < 4.78 is 15.4. The Morgan fingerprint density at radius 1 is 1.17 bits per heavy atom. The topological polar surface area (TPSA) is 72.6 Å². The number of benzene rings is 1. The second-order valence-electron chi connectivity index (χ2n) is 8.97. The quantitative estimate of drug-likeness (QED) is 0.431. The van der Waals surface area contributed by atoms with E-state index >= 15 is 0 Å². The molecule has 1 unspecified atom stereocenters. The van der Waals surface area contributed by atoms with Crippen molar-refractivity contribution in [3.63, 3.8) is 0 Å². The molecule has 1 aromatic carbocycles. The van der Waals surface area contributed by atoms with Crippen LogP contribution >= 0.6 is 24.0 Å². The minimum absolute atomic E-state index is 0.0155. The first-order valence-corrected chi connectivity index (χ1v) is 13.1. The lowest BCUT2D eigenvalue weighted by atomic mass is 10.0. The minimum atomic E-state index is -0.365. The number of halogens is 1. The second-order valence-corrected chi connectivity index (χ2v) is 10.6. The average Bonchev–Trinajstić information content (AvgIpc) is 3.15. The molecule has 3 heterocycles. The third-order valence-electron chi connectivity index (χ3n) is 6.87. The number of piperazine rings is 1. The molecule has 0 saturated carbocycles. The number of rotatable bonds is 5. The van der Waals surface area contributed by atoms with Crippen LogP contribution in [-0.4, -0.2) is 51.9 Å². The van der Waals surface area contributed by atoms with Crippen molar-refractivity contribution in [2.75, 3.05) is 36.0 Å². The second kappa shape index (κ2) is 10.4. The first-order chi connectivity index (χ1) is 17.2. The number of pyridine rings is 1. The fourth-order valence-electron chi connectivity index (χ4n) is 4.60. The van der Waals surface area contributed by atoms with Gasteiger partial charge in [-0.15, -0.1) is 0 Å². The molecule has 0 aliphatic carbocycles. The molecule has 188 valence electrons. The van der Waals surface area contributed by atoms with E-state index < -0.39 is 0 Å². The van der Waals surface area contributed by atoms with E-state index in [1.807, 2.05) is 19.9 Å². The number of nitriles is 1. The molecule has 1 aromatic heterocycles. The maximum absolute atomic E-state index is 13.3. The number of thiocarbonyl (C=S) groups is 1. The van der Waals surface area contributed by atoms with E-state index in [0.29, 0.717) is 52.3 Å². The van der Waals surface area contributed by atoms with E-state index in [4.69, 9.17) is 12.2 Å². The minimum Gasteiger partial charge on any atom is -0.368 e. The summed E-state index contributed by atoms with van der Waals surface area (Å²) in [4.78, 5) is 32.6. The fourth-order valence-corrected chi connectivity index (χ4v) is 6.04. The van der Waals surface area contributed by atoms with Crippen molar-refractivity contribution in [3.05, 3.63) is 62.0 Å². The molecule has 10 heteroatoms. The Kier molecular flexibility index (Phi) is 7.52. The van der Waals surface area contributed by atoms with Gasteiger partial charge in [0.2, 0.25) is 0 Å². The number of hydrogen-bond donors (Lipinski definition) is 0. The Labute approximate surface area is 219 Å². The molecular formula is C26H28FN5O2S2. The van der Waals surface area contributed by atoms with Crippen LogP contribution in [0.25, 0.3) is 6.08 Å². The van der Waals surface area contributed by atoms with Crippen LogP contribution in [0.5, 0.6) is 0 Å². The van der Waals surface area contributed by atoms with Gasteiger partial charge in [-0.3, -0.25) is 19.1 Å². The van der Waals surface area contributed by atoms with Crippen LogP contribution in [0.15, 0.2) is 34.0 Å². The Morgan fingerprint density at radius 2 is 1.78 bits per heavy atom. The third kappa shape index (κ3) is 4.65. The maximum atomic E-state index is 13.3. The SMILES string of the molecule is CCC(C)N1C(=O)/C(=C\c2c(C)c(C#N)c(=O)n(C)c2N2CCN(c3ccc(F)cc3)CC2)SC1=S. The zero-order valence-corrected chi connectivity index (χ0v) is 22.4. The number of carbonyl (C=O) groups excluding carboxylic acids is 1. The van der Waals surface area contributed by atoms with Gasteiger partial charge in [-0.25, -0.2) is 4.39 Å². The van der Waals surface area contributed by atoms with Crippen molar-refractivity contribution < 1.29 is 9.18 Å². The van der Waals surface area contributed by atoms with Crippen LogP contribution in [0.2, 0.25) is 0 Å². The molecule has 0 bridgehead atoms. The van der Waals surface area contributed by atoms with Crippen LogP contribution in [0.4, 0.5) is 15.9 Å². The summed E-state index contributed by atoms with van der Waals surface area (Å²) in [6, 6.07) is 8.44. The summed E-state index contributed by atoms with van der Waals surface area (Å²) in [5, 5.41) is 9.70. The van der Waals surface area contributed by atoms with Crippen LogP contribution in [0.1, 0.15) is 37.0 Å². The van der Waals surface area contributed by atoms with E-state index in [1.165, 1.54) is 28.5 Å². The monoisotopic (exact) mass is 525 g/mol. The Balaban J connectivity index is 1.73. The lowest BCUT2D eigenvalue weighted by Crippen LogP contribution is -2.48.